The highest BCUT2D eigenvalue weighted by atomic mass is 16.5. The van der Waals surface area contributed by atoms with Gasteiger partial charge in [-0.25, -0.2) is 0 Å². The Morgan fingerprint density at radius 3 is 2.88 bits per heavy atom. The lowest BCUT2D eigenvalue weighted by atomic mass is 10.0. The van der Waals surface area contributed by atoms with Gasteiger partial charge < -0.3 is 20.7 Å². The summed E-state index contributed by atoms with van der Waals surface area (Å²) in [6.45, 7) is 6.34. The molecular weight excluding hydrogens is 326 g/mol. The van der Waals surface area contributed by atoms with Crippen molar-refractivity contribution in [1.82, 2.24) is 4.90 Å². The summed E-state index contributed by atoms with van der Waals surface area (Å²) in [6.07, 6.45) is 4.65. The summed E-state index contributed by atoms with van der Waals surface area (Å²) in [4.78, 5) is 7.09. The van der Waals surface area contributed by atoms with Crippen molar-refractivity contribution in [3.05, 3.63) is 24.3 Å². The molecule has 1 saturated heterocycles. The third-order valence-corrected chi connectivity index (χ3v) is 4.39. The Bertz CT molecular complexity index is 593. The molecule has 0 spiro atoms. The van der Waals surface area contributed by atoms with Gasteiger partial charge in [-0.05, 0) is 62.4 Å². The van der Waals surface area contributed by atoms with Crippen molar-refractivity contribution in [2.24, 2.45) is 16.6 Å². The number of anilines is 1. The van der Waals surface area contributed by atoms with Gasteiger partial charge >= 0.3 is 0 Å². The van der Waals surface area contributed by atoms with Gasteiger partial charge in [0.25, 0.3) is 0 Å². The first-order chi connectivity index (χ1) is 12.7. The summed E-state index contributed by atoms with van der Waals surface area (Å²) in [5, 5.41) is 12.0. The van der Waals surface area contributed by atoms with Crippen LogP contribution in [0.25, 0.3) is 0 Å². The van der Waals surface area contributed by atoms with Crippen LogP contribution in [-0.4, -0.2) is 43.6 Å². The average Bonchev–Trinajstić information content (AvgIpc) is 2.66. The van der Waals surface area contributed by atoms with E-state index in [-0.39, 0.29) is 0 Å². The molecule has 1 fully saturated rings. The lowest BCUT2D eigenvalue weighted by Crippen LogP contribution is -2.43. The largest absolute Gasteiger partial charge is 0.494 e. The Morgan fingerprint density at radius 1 is 1.38 bits per heavy atom. The molecule has 142 valence electrons. The maximum Gasteiger partial charge on any atom is 0.198 e. The number of hydrogen-bond acceptors (Lipinski definition) is 4. The predicted molar refractivity (Wildman–Crippen MR) is 106 cm³/mol. The van der Waals surface area contributed by atoms with Gasteiger partial charge in [-0.2, -0.15) is 5.26 Å². The van der Waals surface area contributed by atoms with Crippen molar-refractivity contribution >= 4 is 11.6 Å². The van der Waals surface area contributed by atoms with Crippen LogP contribution in [0.4, 0.5) is 5.69 Å². The highest BCUT2D eigenvalue weighted by Crippen LogP contribution is 2.19. The quantitative estimate of drug-likeness (QED) is 0.424. The minimum absolute atomic E-state index is 0.524. The van der Waals surface area contributed by atoms with Crippen LogP contribution in [0.5, 0.6) is 5.75 Å². The number of nitrogens with one attached hydrogen (secondary N) is 1. The number of hydrogen-bond donors (Lipinski definition) is 2. The zero-order valence-electron chi connectivity index (χ0n) is 15.8. The number of unbranched alkanes of at least 4 members (excludes halogenated alkanes) is 1. The van der Waals surface area contributed by atoms with Gasteiger partial charge in [0.1, 0.15) is 5.75 Å². The predicted octanol–water partition coefficient (Wildman–Crippen LogP) is 3.22. The van der Waals surface area contributed by atoms with Gasteiger partial charge in [-0.3, -0.25) is 4.99 Å². The molecule has 1 unspecified atom stereocenters. The molecule has 1 heterocycles. The third kappa shape index (κ3) is 6.93. The normalized spacial score (nSPS) is 17.7. The molecule has 6 heteroatoms. The van der Waals surface area contributed by atoms with Crippen LogP contribution < -0.4 is 15.8 Å². The number of nitrogens with two attached hydrogens (primary N) is 1. The zero-order valence-corrected chi connectivity index (χ0v) is 15.8. The van der Waals surface area contributed by atoms with E-state index in [1.807, 2.05) is 24.3 Å². The van der Waals surface area contributed by atoms with E-state index in [1.54, 1.807) is 0 Å². The Kier molecular flexibility index (Phi) is 8.77. The van der Waals surface area contributed by atoms with Gasteiger partial charge in [-0.15, -0.1) is 0 Å². The summed E-state index contributed by atoms with van der Waals surface area (Å²) in [7, 11) is 0. The molecule has 0 radical (unpaired) electrons. The fourth-order valence-corrected chi connectivity index (χ4v) is 2.98. The molecule has 1 aromatic rings. The summed E-state index contributed by atoms with van der Waals surface area (Å²) in [5.74, 6) is 2.45. The lowest BCUT2D eigenvalue weighted by Gasteiger charge is -2.33. The molecule has 26 heavy (non-hydrogen) atoms. The topological polar surface area (TPSA) is 86.7 Å². The molecule has 0 saturated carbocycles. The molecule has 0 amide bonds. The van der Waals surface area contributed by atoms with Crippen molar-refractivity contribution in [1.29, 1.82) is 5.26 Å². The number of piperidine rings is 1. The number of aliphatic imine (C=N–C) groups is 1. The van der Waals surface area contributed by atoms with Crippen molar-refractivity contribution in [3.8, 4) is 11.8 Å². The Balaban J connectivity index is 1.96. The van der Waals surface area contributed by atoms with Crippen LogP contribution in [0.3, 0.4) is 0 Å². The van der Waals surface area contributed by atoms with Crippen LogP contribution in [0, 0.1) is 17.2 Å². The molecular formula is C20H31N5O. The van der Waals surface area contributed by atoms with Crippen molar-refractivity contribution in [2.45, 2.75) is 39.0 Å². The van der Waals surface area contributed by atoms with Gasteiger partial charge in [-0.1, -0.05) is 6.92 Å². The average molecular weight is 358 g/mol. The van der Waals surface area contributed by atoms with E-state index in [0.29, 0.717) is 25.5 Å². The van der Waals surface area contributed by atoms with Gasteiger partial charge in [0.15, 0.2) is 5.96 Å². The first-order valence-electron chi connectivity index (χ1n) is 9.59. The first kappa shape index (κ1) is 20.1. The molecule has 1 aliphatic heterocycles. The fourth-order valence-electron chi connectivity index (χ4n) is 2.98. The summed E-state index contributed by atoms with van der Waals surface area (Å²) >= 11 is 0. The molecule has 0 bridgehead atoms. The SMILES string of the molecule is CC1CCCN(C(=NCCCN)Nc2ccc(OCCCC#N)cc2)C1. The number of ether oxygens (including phenoxy) is 1. The first-order valence-corrected chi connectivity index (χ1v) is 9.59. The Labute approximate surface area is 157 Å². The number of nitriles is 1. The maximum atomic E-state index is 8.55. The Hall–Kier alpha value is -2.26. The summed E-state index contributed by atoms with van der Waals surface area (Å²) in [6, 6.07) is 10.0. The molecule has 3 N–H and O–H groups in total. The minimum Gasteiger partial charge on any atom is -0.494 e. The molecule has 6 nitrogen and oxygen atoms in total. The number of likely N-dealkylation sites (tertiary alicyclic amines) is 1. The summed E-state index contributed by atoms with van der Waals surface area (Å²) < 4.78 is 5.64. The second kappa shape index (κ2) is 11.4. The zero-order chi connectivity index (χ0) is 18.6. The highest BCUT2D eigenvalue weighted by Gasteiger charge is 2.19. The lowest BCUT2D eigenvalue weighted by molar-refractivity contribution is 0.272. The van der Waals surface area contributed by atoms with Crippen LogP contribution in [0.1, 0.15) is 39.0 Å². The van der Waals surface area contributed by atoms with E-state index in [9.17, 15) is 0 Å². The molecule has 1 aromatic carbocycles. The Morgan fingerprint density at radius 2 is 2.19 bits per heavy atom. The third-order valence-electron chi connectivity index (χ3n) is 4.39. The minimum atomic E-state index is 0.524. The number of guanidine groups is 1. The maximum absolute atomic E-state index is 8.55. The van der Waals surface area contributed by atoms with E-state index in [4.69, 9.17) is 20.7 Å². The van der Waals surface area contributed by atoms with Crippen LogP contribution in [0.2, 0.25) is 0 Å². The van der Waals surface area contributed by atoms with E-state index in [0.717, 1.165) is 49.9 Å². The van der Waals surface area contributed by atoms with Gasteiger partial charge in [0.2, 0.25) is 0 Å². The highest BCUT2D eigenvalue weighted by molar-refractivity contribution is 5.93. The molecule has 2 rings (SSSR count). The number of rotatable bonds is 8. The molecule has 1 atom stereocenters. The van der Waals surface area contributed by atoms with Gasteiger partial charge in [0, 0.05) is 31.7 Å². The molecule has 0 aromatic heterocycles. The van der Waals surface area contributed by atoms with Crippen molar-refractivity contribution < 1.29 is 4.74 Å². The van der Waals surface area contributed by atoms with Crippen molar-refractivity contribution in [3.63, 3.8) is 0 Å². The van der Waals surface area contributed by atoms with Crippen molar-refractivity contribution in [2.75, 3.05) is 38.1 Å². The summed E-state index contributed by atoms with van der Waals surface area (Å²) in [5.41, 5.74) is 6.61. The van der Waals surface area contributed by atoms with E-state index in [2.05, 4.69) is 23.2 Å². The second-order valence-corrected chi connectivity index (χ2v) is 6.80. The van der Waals surface area contributed by atoms with E-state index >= 15 is 0 Å². The van der Waals surface area contributed by atoms with Crippen LogP contribution in [-0.2, 0) is 0 Å². The van der Waals surface area contributed by atoms with E-state index in [1.165, 1.54) is 12.8 Å². The van der Waals surface area contributed by atoms with Crippen LogP contribution in [0.15, 0.2) is 29.3 Å². The standard InChI is InChI=1S/C20H31N5O/c1-17-6-4-14-25(16-17)20(23-13-5-12-22)24-18-7-9-19(10-8-18)26-15-3-2-11-21/h7-10,17H,2-6,12-16,22H2,1H3,(H,23,24). The number of nitrogens with zero attached hydrogens (tertiary/aromatic N) is 3. The van der Waals surface area contributed by atoms with E-state index < -0.39 is 0 Å². The smallest absolute Gasteiger partial charge is 0.198 e. The molecule has 0 aliphatic carbocycles. The number of benzene rings is 1. The van der Waals surface area contributed by atoms with Gasteiger partial charge in [0.05, 0.1) is 12.7 Å². The second-order valence-electron chi connectivity index (χ2n) is 6.80. The molecule has 1 aliphatic rings. The fraction of sp³-hybridized carbons (Fsp3) is 0.600. The monoisotopic (exact) mass is 357 g/mol. The van der Waals surface area contributed by atoms with Crippen LogP contribution >= 0.6 is 0 Å².